The van der Waals surface area contributed by atoms with Gasteiger partial charge in [-0.2, -0.15) is 5.10 Å². The Hall–Kier alpha value is -7.20. The van der Waals surface area contributed by atoms with E-state index in [2.05, 4.69) is 118 Å². The van der Waals surface area contributed by atoms with Gasteiger partial charge >= 0.3 is 0 Å². The van der Waals surface area contributed by atoms with E-state index >= 15 is 4.57 Å². The molecule has 0 unspecified atom stereocenters. The standard InChI is InChI=1S/C51H35N4OP/c56-57(42-17-9-3-10-18-42,43-19-11-4-12-20-43)44-25-23-40(24-26-44)54-49-29-22-37(36-21-28-48-38(33-36)31-32-53(48)39-13-5-1-6-14-39)34-46(49)45-27-30-50-47(51(45)54)35-52-55(50)41-15-7-2-8-16-41/h1-35H. The molecule has 0 N–H and O–H groups in total. The largest absolute Gasteiger partial charge is 0.317 e. The van der Waals surface area contributed by atoms with Crippen molar-refractivity contribution in [2.45, 2.75) is 0 Å². The van der Waals surface area contributed by atoms with E-state index < -0.39 is 7.14 Å². The van der Waals surface area contributed by atoms with E-state index in [0.717, 1.165) is 76.8 Å². The van der Waals surface area contributed by atoms with Crippen molar-refractivity contribution < 1.29 is 4.57 Å². The van der Waals surface area contributed by atoms with E-state index in [1.165, 1.54) is 10.9 Å². The van der Waals surface area contributed by atoms with Crippen LogP contribution in [0.2, 0.25) is 0 Å². The Labute approximate surface area is 329 Å². The molecule has 0 amide bonds. The van der Waals surface area contributed by atoms with Gasteiger partial charge in [0.2, 0.25) is 0 Å². The number of hydrogen-bond acceptors (Lipinski definition) is 2. The molecule has 3 heterocycles. The second-order valence-corrected chi connectivity index (χ2v) is 17.2. The Bertz CT molecular complexity index is 3250. The molecule has 5 nitrogen and oxygen atoms in total. The van der Waals surface area contributed by atoms with Gasteiger partial charge in [-0.1, -0.05) is 109 Å². The van der Waals surface area contributed by atoms with Gasteiger partial charge in [-0.05, 0) is 102 Å². The highest BCUT2D eigenvalue weighted by Crippen LogP contribution is 2.43. The van der Waals surface area contributed by atoms with Crippen LogP contribution in [0, 0.1) is 0 Å². The predicted octanol–water partition coefficient (Wildman–Crippen LogP) is 11.4. The second-order valence-electron chi connectivity index (χ2n) is 14.4. The summed E-state index contributed by atoms with van der Waals surface area (Å²) in [5.41, 5.74) is 9.83. The quantitative estimate of drug-likeness (QED) is 0.152. The molecule has 3 aromatic heterocycles. The molecule has 0 aliphatic rings. The number of para-hydroxylation sites is 2. The number of benzene rings is 8. The molecule has 270 valence electrons. The maximum Gasteiger partial charge on any atom is 0.171 e. The topological polar surface area (TPSA) is 44.8 Å². The fraction of sp³-hybridized carbons (Fsp3) is 0. The van der Waals surface area contributed by atoms with E-state index in [0.29, 0.717) is 0 Å². The first-order chi connectivity index (χ1) is 28.1. The first-order valence-corrected chi connectivity index (χ1v) is 20.9. The van der Waals surface area contributed by atoms with Crippen LogP contribution < -0.4 is 15.9 Å². The SMILES string of the molecule is O=P(c1ccccc1)(c1ccccc1)c1ccc(-n2c3ccc(-c4ccc5c(ccn5-c5ccccc5)c4)cc3c3ccc4c(cnn4-c4ccccc4)c32)cc1. The van der Waals surface area contributed by atoms with Crippen LogP contribution in [-0.4, -0.2) is 18.9 Å². The van der Waals surface area contributed by atoms with Crippen molar-refractivity contribution in [1.29, 1.82) is 0 Å². The van der Waals surface area contributed by atoms with Crippen molar-refractivity contribution in [2.75, 3.05) is 0 Å². The van der Waals surface area contributed by atoms with Gasteiger partial charge < -0.3 is 13.7 Å². The van der Waals surface area contributed by atoms with Crippen molar-refractivity contribution in [3.63, 3.8) is 0 Å². The lowest BCUT2D eigenvalue weighted by Crippen LogP contribution is -2.24. The average molecular weight is 751 g/mol. The molecule has 0 radical (unpaired) electrons. The Morgan fingerprint density at radius 2 is 0.982 bits per heavy atom. The van der Waals surface area contributed by atoms with Crippen molar-refractivity contribution in [1.82, 2.24) is 18.9 Å². The lowest BCUT2D eigenvalue weighted by molar-refractivity contribution is 0.592. The summed E-state index contributed by atoms with van der Waals surface area (Å²) in [6.45, 7) is 0. The molecule has 57 heavy (non-hydrogen) atoms. The highest BCUT2D eigenvalue weighted by atomic mass is 31.2. The minimum atomic E-state index is -3.14. The van der Waals surface area contributed by atoms with Gasteiger partial charge in [0.05, 0.1) is 34.0 Å². The van der Waals surface area contributed by atoms with E-state index in [-0.39, 0.29) is 0 Å². The zero-order valence-electron chi connectivity index (χ0n) is 30.9. The summed E-state index contributed by atoms with van der Waals surface area (Å²) in [6.07, 6.45) is 4.13. The van der Waals surface area contributed by atoms with Crippen LogP contribution in [-0.2, 0) is 4.57 Å². The molecular weight excluding hydrogens is 716 g/mol. The zero-order chi connectivity index (χ0) is 37.9. The molecule has 0 saturated carbocycles. The van der Waals surface area contributed by atoms with Crippen LogP contribution in [0.15, 0.2) is 213 Å². The zero-order valence-corrected chi connectivity index (χ0v) is 31.7. The fourth-order valence-electron chi connectivity index (χ4n) is 8.51. The number of fused-ring (bicyclic) bond motifs is 6. The van der Waals surface area contributed by atoms with Gasteiger partial charge in [0.1, 0.15) is 0 Å². The van der Waals surface area contributed by atoms with Gasteiger partial charge in [0.25, 0.3) is 0 Å². The smallest absolute Gasteiger partial charge is 0.171 e. The van der Waals surface area contributed by atoms with E-state index in [4.69, 9.17) is 5.10 Å². The number of aromatic nitrogens is 4. The van der Waals surface area contributed by atoms with Crippen LogP contribution in [0.3, 0.4) is 0 Å². The minimum absolute atomic E-state index is 0.797. The Kier molecular flexibility index (Phi) is 7.70. The summed E-state index contributed by atoms with van der Waals surface area (Å²) < 4.78 is 21.9. The molecule has 6 heteroatoms. The highest BCUT2D eigenvalue weighted by molar-refractivity contribution is 7.85. The van der Waals surface area contributed by atoms with Crippen molar-refractivity contribution >= 4 is 66.7 Å². The van der Waals surface area contributed by atoms with Crippen LogP contribution in [0.4, 0.5) is 0 Å². The molecule has 11 rings (SSSR count). The summed E-state index contributed by atoms with van der Waals surface area (Å²) in [5.74, 6) is 0. The number of rotatable bonds is 7. The molecule has 0 aliphatic heterocycles. The van der Waals surface area contributed by atoms with E-state index in [1.54, 1.807) is 0 Å². The monoisotopic (exact) mass is 750 g/mol. The van der Waals surface area contributed by atoms with Gasteiger partial charge in [0, 0.05) is 55.0 Å². The van der Waals surface area contributed by atoms with Crippen molar-refractivity contribution in [2.24, 2.45) is 0 Å². The first kappa shape index (κ1) is 33.2. The summed E-state index contributed by atoms with van der Waals surface area (Å²) in [6, 6.07) is 68.9. The first-order valence-electron chi connectivity index (χ1n) is 19.1. The normalized spacial score (nSPS) is 11.9. The number of nitrogens with zero attached hydrogens (tertiary/aromatic N) is 4. The van der Waals surface area contributed by atoms with Crippen LogP contribution in [0.1, 0.15) is 0 Å². The lowest BCUT2D eigenvalue weighted by Gasteiger charge is -2.20. The summed E-state index contributed by atoms with van der Waals surface area (Å²) in [4.78, 5) is 0. The van der Waals surface area contributed by atoms with Gasteiger partial charge in [-0.25, -0.2) is 4.68 Å². The van der Waals surface area contributed by atoms with E-state index in [1.807, 2.05) is 108 Å². The van der Waals surface area contributed by atoms with Gasteiger partial charge in [-0.15, -0.1) is 0 Å². The molecule has 0 aliphatic carbocycles. The minimum Gasteiger partial charge on any atom is -0.317 e. The molecule has 0 bridgehead atoms. The van der Waals surface area contributed by atoms with Crippen LogP contribution >= 0.6 is 7.14 Å². The third-order valence-electron chi connectivity index (χ3n) is 11.2. The summed E-state index contributed by atoms with van der Waals surface area (Å²) in [5, 5.41) is 11.9. The predicted molar refractivity (Wildman–Crippen MR) is 237 cm³/mol. The molecule has 0 spiro atoms. The summed E-state index contributed by atoms with van der Waals surface area (Å²) >= 11 is 0. The molecule has 0 atom stereocenters. The van der Waals surface area contributed by atoms with Crippen molar-refractivity contribution in [3.8, 4) is 28.2 Å². The Morgan fingerprint density at radius 3 is 1.65 bits per heavy atom. The number of hydrogen-bond donors (Lipinski definition) is 0. The van der Waals surface area contributed by atoms with E-state index in [9.17, 15) is 0 Å². The highest BCUT2D eigenvalue weighted by Gasteiger charge is 2.30. The molecule has 11 aromatic rings. The fourth-order valence-corrected chi connectivity index (χ4v) is 11.2. The molecule has 0 fully saturated rings. The van der Waals surface area contributed by atoms with Gasteiger partial charge in [-0.3, -0.25) is 0 Å². The Balaban J connectivity index is 1.10. The van der Waals surface area contributed by atoms with Crippen LogP contribution in [0.25, 0.3) is 71.8 Å². The van der Waals surface area contributed by atoms with Crippen LogP contribution in [0.5, 0.6) is 0 Å². The van der Waals surface area contributed by atoms with Gasteiger partial charge in [0.15, 0.2) is 7.14 Å². The molecule has 8 aromatic carbocycles. The lowest BCUT2D eigenvalue weighted by atomic mass is 10.0. The third-order valence-corrected chi connectivity index (χ3v) is 14.3. The Morgan fingerprint density at radius 1 is 0.421 bits per heavy atom. The maximum absolute atomic E-state index is 15.3. The molecule has 0 saturated heterocycles. The maximum atomic E-state index is 15.3. The van der Waals surface area contributed by atoms with Crippen molar-refractivity contribution in [3.05, 3.63) is 213 Å². The summed E-state index contributed by atoms with van der Waals surface area (Å²) in [7, 11) is -3.14. The second kappa shape index (κ2) is 13.2. The molecular formula is C51H35N4OP. The average Bonchev–Trinajstić information content (AvgIpc) is 4.01. The third kappa shape index (κ3) is 5.32.